The molecule has 1 fully saturated rings. The molecule has 106 valence electrons. The first-order chi connectivity index (χ1) is 9.70. The second-order valence-electron chi connectivity index (χ2n) is 5.32. The number of halogens is 1. The molecule has 4 nitrogen and oxygen atoms in total. The molecular weight excluding hydrogens is 259 g/mol. The summed E-state index contributed by atoms with van der Waals surface area (Å²) in [6, 6.07) is 8.46. The molecule has 1 saturated heterocycles. The molecule has 20 heavy (non-hydrogen) atoms. The van der Waals surface area contributed by atoms with Crippen molar-refractivity contribution in [2.75, 3.05) is 6.54 Å². The van der Waals surface area contributed by atoms with Gasteiger partial charge in [0.25, 0.3) is 5.56 Å². The fourth-order valence-corrected chi connectivity index (χ4v) is 2.82. The monoisotopic (exact) mass is 276 g/mol. The lowest BCUT2D eigenvalue weighted by Gasteiger charge is -2.29. The summed E-state index contributed by atoms with van der Waals surface area (Å²) in [6.45, 7) is 0.894. The van der Waals surface area contributed by atoms with Crippen molar-refractivity contribution in [3.63, 3.8) is 0 Å². The van der Waals surface area contributed by atoms with Crippen LogP contribution in [0.4, 0.5) is 4.39 Å². The van der Waals surface area contributed by atoms with Crippen LogP contribution < -0.4 is 10.9 Å². The number of nitrogens with one attached hydrogen (secondary N) is 2. The molecule has 2 unspecified atom stereocenters. The van der Waals surface area contributed by atoms with Crippen LogP contribution in [-0.4, -0.2) is 17.7 Å². The van der Waals surface area contributed by atoms with Crippen molar-refractivity contribution < 1.29 is 8.91 Å². The SMILES string of the molecule is O=c1cc(C2CCNC(Cc3ccc(F)cc3)C2)o[nH]1. The van der Waals surface area contributed by atoms with Crippen molar-refractivity contribution in [1.29, 1.82) is 0 Å². The van der Waals surface area contributed by atoms with Crippen LogP contribution in [0.3, 0.4) is 0 Å². The first kappa shape index (κ1) is 13.1. The van der Waals surface area contributed by atoms with Crippen molar-refractivity contribution in [2.24, 2.45) is 0 Å². The maximum absolute atomic E-state index is 12.9. The van der Waals surface area contributed by atoms with Crippen LogP contribution in [0.5, 0.6) is 0 Å². The van der Waals surface area contributed by atoms with Crippen molar-refractivity contribution in [3.8, 4) is 0 Å². The van der Waals surface area contributed by atoms with Gasteiger partial charge < -0.3 is 9.84 Å². The van der Waals surface area contributed by atoms with Crippen LogP contribution in [-0.2, 0) is 6.42 Å². The van der Waals surface area contributed by atoms with Gasteiger partial charge in [-0.15, -0.1) is 0 Å². The number of hydrogen-bond acceptors (Lipinski definition) is 3. The summed E-state index contributed by atoms with van der Waals surface area (Å²) in [5, 5.41) is 5.81. The lowest BCUT2D eigenvalue weighted by atomic mass is 9.87. The highest BCUT2D eigenvalue weighted by Gasteiger charge is 2.25. The Morgan fingerprint density at radius 1 is 1.30 bits per heavy atom. The fraction of sp³-hybridized carbons (Fsp3) is 0.400. The Kier molecular flexibility index (Phi) is 3.69. The standard InChI is InChI=1S/C15H17FN2O2/c16-12-3-1-10(2-4-12)7-13-8-11(5-6-17-13)14-9-15(19)18-20-14/h1-4,9,11,13,17H,5-8H2,(H,18,19). The molecule has 1 aliphatic rings. The van der Waals surface area contributed by atoms with Gasteiger partial charge >= 0.3 is 0 Å². The maximum Gasteiger partial charge on any atom is 0.280 e. The number of piperidine rings is 1. The number of hydrogen-bond donors (Lipinski definition) is 2. The van der Waals surface area contributed by atoms with Gasteiger partial charge in [-0.05, 0) is 43.5 Å². The van der Waals surface area contributed by atoms with Gasteiger partial charge in [-0.25, -0.2) is 4.39 Å². The zero-order valence-electron chi connectivity index (χ0n) is 11.1. The van der Waals surface area contributed by atoms with E-state index in [0.29, 0.717) is 6.04 Å². The van der Waals surface area contributed by atoms with Gasteiger partial charge in [0.2, 0.25) is 0 Å². The third-order valence-electron chi connectivity index (χ3n) is 3.84. The predicted molar refractivity (Wildman–Crippen MR) is 73.2 cm³/mol. The third kappa shape index (κ3) is 2.99. The van der Waals surface area contributed by atoms with Gasteiger partial charge in [0.05, 0.1) is 0 Å². The Morgan fingerprint density at radius 3 is 2.80 bits per heavy atom. The van der Waals surface area contributed by atoms with Crippen LogP contribution in [0.1, 0.15) is 30.1 Å². The quantitative estimate of drug-likeness (QED) is 0.903. The summed E-state index contributed by atoms with van der Waals surface area (Å²) >= 11 is 0. The molecule has 2 atom stereocenters. The van der Waals surface area contributed by atoms with E-state index in [-0.39, 0.29) is 17.3 Å². The second-order valence-corrected chi connectivity index (χ2v) is 5.32. The first-order valence-electron chi connectivity index (χ1n) is 6.87. The average Bonchev–Trinajstić information content (AvgIpc) is 2.89. The van der Waals surface area contributed by atoms with Crippen LogP contribution in [0.15, 0.2) is 39.6 Å². The normalized spacial score (nSPS) is 22.9. The Hall–Kier alpha value is -1.88. The molecule has 0 saturated carbocycles. The molecule has 0 amide bonds. The lowest BCUT2D eigenvalue weighted by molar-refractivity contribution is 0.292. The van der Waals surface area contributed by atoms with E-state index < -0.39 is 0 Å². The van der Waals surface area contributed by atoms with Crippen molar-refractivity contribution in [1.82, 2.24) is 10.5 Å². The molecule has 2 aromatic rings. The van der Waals surface area contributed by atoms with E-state index >= 15 is 0 Å². The number of aromatic amines is 1. The van der Waals surface area contributed by atoms with E-state index in [1.54, 1.807) is 0 Å². The van der Waals surface area contributed by atoms with Crippen LogP contribution in [0.25, 0.3) is 0 Å². The lowest BCUT2D eigenvalue weighted by Crippen LogP contribution is -2.38. The van der Waals surface area contributed by atoms with Crippen molar-refractivity contribution >= 4 is 0 Å². The third-order valence-corrected chi connectivity index (χ3v) is 3.84. The molecule has 1 aromatic carbocycles. The van der Waals surface area contributed by atoms with Gasteiger partial charge in [-0.2, -0.15) is 5.16 Å². The molecule has 0 spiro atoms. The van der Waals surface area contributed by atoms with E-state index in [1.807, 2.05) is 12.1 Å². The molecule has 2 heterocycles. The Morgan fingerprint density at radius 2 is 2.10 bits per heavy atom. The van der Waals surface area contributed by atoms with E-state index in [1.165, 1.54) is 18.2 Å². The number of benzene rings is 1. The smallest absolute Gasteiger partial charge is 0.280 e. The largest absolute Gasteiger partial charge is 0.383 e. The Balaban J connectivity index is 1.66. The van der Waals surface area contributed by atoms with E-state index in [2.05, 4.69) is 10.5 Å². The van der Waals surface area contributed by atoms with Crippen LogP contribution >= 0.6 is 0 Å². The van der Waals surface area contributed by atoms with Crippen molar-refractivity contribution in [2.45, 2.75) is 31.2 Å². The fourth-order valence-electron chi connectivity index (χ4n) is 2.82. The Labute approximate surface area is 116 Å². The topological polar surface area (TPSA) is 58.0 Å². The number of H-pyrrole nitrogens is 1. The summed E-state index contributed by atoms with van der Waals surface area (Å²) in [7, 11) is 0. The molecule has 2 N–H and O–H groups in total. The van der Waals surface area contributed by atoms with E-state index in [0.717, 1.165) is 37.1 Å². The number of rotatable bonds is 3. The van der Waals surface area contributed by atoms with Gasteiger partial charge in [-0.1, -0.05) is 12.1 Å². The zero-order valence-corrected chi connectivity index (χ0v) is 11.1. The van der Waals surface area contributed by atoms with E-state index in [4.69, 9.17) is 4.52 Å². The molecule has 0 bridgehead atoms. The molecule has 1 aromatic heterocycles. The highest BCUT2D eigenvalue weighted by molar-refractivity contribution is 5.18. The van der Waals surface area contributed by atoms with Crippen LogP contribution in [0, 0.1) is 5.82 Å². The summed E-state index contributed by atoms with van der Waals surface area (Å²) in [6.07, 6.45) is 2.73. The predicted octanol–water partition coefficient (Wildman–Crippen LogP) is 2.19. The molecule has 1 aliphatic heterocycles. The number of aromatic nitrogens is 1. The molecule has 3 rings (SSSR count). The van der Waals surface area contributed by atoms with Crippen molar-refractivity contribution in [3.05, 3.63) is 57.8 Å². The van der Waals surface area contributed by atoms with Gasteiger partial charge in [0.1, 0.15) is 11.6 Å². The highest BCUT2D eigenvalue weighted by atomic mass is 19.1. The second kappa shape index (κ2) is 5.63. The van der Waals surface area contributed by atoms with E-state index in [9.17, 15) is 9.18 Å². The van der Waals surface area contributed by atoms with Gasteiger partial charge in [0.15, 0.2) is 0 Å². The molecular formula is C15H17FN2O2. The molecule has 0 aliphatic carbocycles. The highest BCUT2D eigenvalue weighted by Crippen LogP contribution is 2.27. The summed E-state index contributed by atoms with van der Waals surface area (Å²) < 4.78 is 18.1. The molecule has 5 heteroatoms. The zero-order chi connectivity index (χ0) is 13.9. The first-order valence-corrected chi connectivity index (χ1v) is 6.87. The summed E-state index contributed by atoms with van der Waals surface area (Å²) in [5.41, 5.74) is 0.925. The summed E-state index contributed by atoms with van der Waals surface area (Å²) in [5.74, 6) is 0.790. The van der Waals surface area contributed by atoms with Gasteiger partial charge in [-0.3, -0.25) is 4.79 Å². The van der Waals surface area contributed by atoms with Gasteiger partial charge in [0, 0.05) is 18.0 Å². The minimum atomic E-state index is -0.211. The minimum Gasteiger partial charge on any atom is -0.383 e. The van der Waals surface area contributed by atoms with Crippen LogP contribution in [0.2, 0.25) is 0 Å². The molecule has 0 radical (unpaired) electrons. The Bertz CT molecular complexity index is 617. The summed E-state index contributed by atoms with van der Waals surface area (Å²) in [4.78, 5) is 11.1. The average molecular weight is 276 g/mol. The maximum atomic E-state index is 12.9. The minimum absolute atomic E-state index is 0.186.